The summed E-state index contributed by atoms with van der Waals surface area (Å²) in [6.07, 6.45) is -9.65. The van der Waals surface area contributed by atoms with E-state index in [1.54, 1.807) is 6.92 Å². The quantitative estimate of drug-likeness (QED) is 0.0588. The van der Waals surface area contributed by atoms with E-state index >= 15 is 0 Å². The first kappa shape index (κ1) is 49.7. The van der Waals surface area contributed by atoms with Crippen molar-refractivity contribution in [3.63, 3.8) is 0 Å². The Morgan fingerprint density at radius 2 is 0.800 bits per heavy atom. The highest BCUT2D eigenvalue weighted by atomic mass is 16.6. The molecule has 55 heavy (non-hydrogen) atoms. The van der Waals surface area contributed by atoms with E-state index < -0.39 is 115 Å². The van der Waals surface area contributed by atoms with Gasteiger partial charge in [-0.1, -0.05) is 13.8 Å². The summed E-state index contributed by atoms with van der Waals surface area (Å²) in [6, 6.07) is 0. The molecule has 3 N–H and O–H groups in total. The molecule has 8 atom stereocenters. The van der Waals surface area contributed by atoms with Gasteiger partial charge in [-0.15, -0.1) is 0 Å². The van der Waals surface area contributed by atoms with Crippen molar-refractivity contribution >= 4 is 59.6 Å². The van der Waals surface area contributed by atoms with Crippen LogP contribution < -0.4 is 16.0 Å². The van der Waals surface area contributed by atoms with Gasteiger partial charge in [-0.3, -0.25) is 47.9 Å². The van der Waals surface area contributed by atoms with E-state index in [9.17, 15) is 47.9 Å². The molecule has 0 saturated heterocycles. The van der Waals surface area contributed by atoms with Gasteiger partial charge in [0.2, 0.25) is 6.10 Å². The molecule has 0 aliphatic carbocycles. The van der Waals surface area contributed by atoms with Crippen LogP contribution in [0.5, 0.6) is 0 Å². The number of hydrogen-bond acceptors (Lipinski definition) is 19. The highest BCUT2D eigenvalue weighted by molar-refractivity contribution is 5.85. The van der Waals surface area contributed by atoms with Crippen molar-refractivity contribution < 1.29 is 85.8 Å². The summed E-state index contributed by atoms with van der Waals surface area (Å²) in [7, 11) is 0. The zero-order valence-electron chi connectivity index (χ0n) is 32.7. The van der Waals surface area contributed by atoms with E-state index in [0.717, 1.165) is 48.5 Å². The third-order valence-corrected chi connectivity index (χ3v) is 7.07. The Hall–Kier alpha value is -5.34. The zero-order valence-corrected chi connectivity index (χ0v) is 32.7. The van der Waals surface area contributed by atoms with Crippen LogP contribution in [0.25, 0.3) is 0 Å². The SMILES string of the molecule is CC(=O)OCC(C)C(OC(C)=O)C(C)C(OC(C)=O)C(=O)NCCNCCNC(=O)C(OC(C)=O)C(OC(C)=O)C(OC(C)=O)C(COC(C)=O)OC(C)=O. The van der Waals surface area contributed by atoms with Crippen LogP contribution in [0.3, 0.4) is 0 Å². The fourth-order valence-corrected chi connectivity index (χ4v) is 5.00. The second-order valence-electron chi connectivity index (χ2n) is 12.2. The van der Waals surface area contributed by atoms with Crippen LogP contribution in [0.1, 0.15) is 69.2 Å². The van der Waals surface area contributed by atoms with Gasteiger partial charge >= 0.3 is 47.8 Å². The van der Waals surface area contributed by atoms with Crippen molar-refractivity contribution in [2.75, 3.05) is 39.4 Å². The molecule has 0 bridgehead atoms. The van der Waals surface area contributed by atoms with Crippen molar-refractivity contribution in [3.05, 3.63) is 0 Å². The smallest absolute Gasteiger partial charge is 0.303 e. The largest absolute Gasteiger partial charge is 0.465 e. The van der Waals surface area contributed by atoms with Crippen LogP contribution >= 0.6 is 0 Å². The first-order valence-corrected chi connectivity index (χ1v) is 17.1. The molecule has 312 valence electrons. The number of hydrogen-bond donors (Lipinski definition) is 3. The number of amides is 2. The molecule has 2 amide bonds. The minimum atomic E-state index is -1.96. The van der Waals surface area contributed by atoms with Gasteiger partial charge in [0.25, 0.3) is 11.8 Å². The average molecular weight is 792 g/mol. The molecule has 8 unspecified atom stereocenters. The third-order valence-electron chi connectivity index (χ3n) is 7.07. The third kappa shape index (κ3) is 21.2. The summed E-state index contributed by atoms with van der Waals surface area (Å²) in [5.41, 5.74) is 0. The minimum absolute atomic E-state index is 0.00691. The van der Waals surface area contributed by atoms with Gasteiger partial charge in [-0.25, -0.2) is 0 Å². The lowest BCUT2D eigenvalue weighted by Gasteiger charge is -2.34. The van der Waals surface area contributed by atoms with Crippen molar-refractivity contribution in [1.29, 1.82) is 0 Å². The number of nitrogens with one attached hydrogen (secondary N) is 3. The highest BCUT2D eigenvalue weighted by Crippen LogP contribution is 2.24. The summed E-state index contributed by atoms with van der Waals surface area (Å²) in [5.74, 6) is -9.88. The Kier molecular flexibility index (Phi) is 23.1. The molecule has 0 aliphatic rings. The molecule has 0 heterocycles. The van der Waals surface area contributed by atoms with Crippen molar-refractivity contribution in [2.45, 2.75) is 106 Å². The Morgan fingerprint density at radius 3 is 1.24 bits per heavy atom. The van der Waals surface area contributed by atoms with Gasteiger partial charge in [0.15, 0.2) is 24.4 Å². The van der Waals surface area contributed by atoms with Gasteiger partial charge < -0.3 is 53.8 Å². The second-order valence-corrected chi connectivity index (χ2v) is 12.2. The summed E-state index contributed by atoms with van der Waals surface area (Å²) in [6.45, 7) is 10.8. The van der Waals surface area contributed by atoms with Crippen LogP contribution in [-0.4, -0.2) is 136 Å². The standard InChI is InChI=1S/C34H53N3O18/c1-17(15-48-19(3)38)28(51-22(6)41)18(2)29(52-23(7)42)33(46)36-13-11-35-12-14-37-34(47)32(55-26(10)45)31(54-25(9)44)30(53-24(8)43)27(50-21(5)40)16-49-20(4)39/h17-18,27-32,35H,11-16H2,1-10H3,(H,36,46)(H,37,47). The molecule has 0 fully saturated rings. The first-order valence-electron chi connectivity index (χ1n) is 17.1. The van der Waals surface area contributed by atoms with E-state index in [0.29, 0.717) is 0 Å². The van der Waals surface area contributed by atoms with E-state index in [-0.39, 0.29) is 32.8 Å². The van der Waals surface area contributed by atoms with Crippen molar-refractivity contribution in [1.82, 2.24) is 16.0 Å². The van der Waals surface area contributed by atoms with Gasteiger partial charge in [0.1, 0.15) is 12.7 Å². The molecule has 0 aliphatic heterocycles. The highest BCUT2D eigenvalue weighted by Gasteiger charge is 2.47. The van der Waals surface area contributed by atoms with Gasteiger partial charge in [0.05, 0.1) is 6.61 Å². The molecular weight excluding hydrogens is 738 g/mol. The average Bonchev–Trinajstić information content (AvgIpc) is 3.05. The number of carbonyl (C=O) groups is 10. The lowest BCUT2D eigenvalue weighted by molar-refractivity contribution is -0.203. The molecule has 0 spiro atoms. The Bertz CT molecular complexity index is 1370. The predicted octanol–water partition coefficient (Wildman–Crippen LogP) is -1.20. The van der Waals surface area contributed by atoms with Crippen LogP contribution in [0.4, 0.5) is 0 Å². The maximum atomic E-state index is 13.4. The minimum Gasteiger partial charge on any atom is -0.465 e. The Morgan fingerprint density at radius 1 is 0.418 bits per heavy atom. The topological polar surface area (TPSA) is 281 Å². The van der Waals surface area contributed by atoms with E-state index in [1.165, 1.54) is 13.8 Å². The van der Waals surface area contributed by atoms with Crippen molar-refractivity contribution in [2.24, 2.45) is 11.8 Å². The molecule has 0 aromatic carbocycles. The summed E-state index contributed by atoms with van der Waals surface area (Å²) in [4.78, 5) is 121. The second kappa shape index (κ2) is 25.6. The van der Waals surface area contributed by atoms with Gasteiger partial charge in [-0.05, 0) is 0 Å². The number of esters is 8. The van der Waals surface area contributed by atoms with E-state index in [2.05, 4.69) is 16.0 Å². The summed E-state index contributed by atoms with van der Waals surface area (Å²) in [5, 5.41) is 8.00. The first-order chi connectivity index (χ1) is 25.6. The maximum absolute atomic E-state index is 13.4. The zero-order chi connectivity index (χ0) is 42.4. The van der Waals surface area contributed by atoms with Crippen molar-refractivity contribution in [3.8, 4) is 0 Å². The van der Waals surface area contributed by atoms with Gasteiger partial charge in [0, 0.05) is 93.4 Å². The lowest BCUT2D eigenvalue weighted by Crippen LogP contribution is -2.57. The molecule has 21 nitrogen and oxygen atoms in total. The van der Waals surface area contributed by atoms with E-state index in [1.807, 2.05) is 0 Å². The van der Waals surface area contributed by atoms with Crippen LogP contribution in [-0.2, 0) is 85.8 Å². The Balaban J connectivity index is 5.75. The molecule has 0 saturated carbocycles. The Labute approximate surface area is 318 Å². The van der Waals surface area contributed by atoms with E-state index in [4.69, 9.17) is 37.9 Å². The van der Waals surface area contributed by atoms with Crippen LogP contribution in [0.2, 0.25) is 0 Å². The monoisotopic (exact) mass is 791 g/mol. The number of ether oxygens (including phenoxy) is 8. The van der Waals surface area contributed by atoms with Crippen LogP contribution in [0, 0.1) is 11.8 Å². The maximum Gasteiger partial charge on any atom is 0.303 e. The predicted molar refractivity (Wildman–Crippen MR) is 184 cm³/mol. The number of carbonyl (C=O) groups excluding carboxylic acids is 10. The molecule has 21 heteroatoms. The van der Waals surface area contributed by atoms with Gasteiger partial charge in [-0.2, -0.15) is 0 Å². The molecule has 0 aromatic heterocycles. The fourth-order valence-electron chi connectivity index (χ4n) is 5.00. The lowest BCUT2D eigenvalue weighted by atomic mass is 9.88. The normalized spacial score (nSPS) is 15.0. The summed E-state index contributed by atoms with van der Waals surface area (Å²) < 4.78 is 41.4. The molecule has 0 radical (unpaired) electrons. The summed E-state index contributed by atoms with van der Waals surface area (Å²) >= 11 is 0. The molecule has 0 rings (SSSR count). The number of rotatable bonds is 24. The fraction of sp³-hybridized carbons (Fsp3) is 0.706. The molecule has 0 aromatic rings. The van der Waals surface area contributed by atoms with Crippen LogP contribution in [0.15, 0.2) is 0 Å². The molecular formula is C34H53N3O18.